The maximum absolute atomic E-state index is 12.4. The van der Waals surface area contributed by atoms with Gasteiger partial charge in [-0.15, -0.1) is 0 Å². The molecule has 1 amide bonds. The number of aliphatic carboxylic acids is 1. The molecule has 3 unspecified atom stereocenters. The second-order valence-corrected chi connectivity index (χ2v) is 5.65. The average molecular weight is 253 g/mol. The lowest BCUT2D eigenvalue weighted by Gasteiger charge is -2.33. The minimum absolute atomic E-state index is 0.0325. The fourth-order valence-electron chi connectivity index (χ4n) is 3.48. The minimum atomic E-state index is -0.731. The first-order valence-corrected chi connectivity index (χ1v) is 6.82. The van der Waals surface area contributed by atoms with Gasteiger partial charge >= 0.3 is 5.97 Å². The molecule has 3 aliphatic heterocycles. The van der Waals surface area contributed by atoms with Crippen molar-refractivity contribution in [3.63, 3.8) is 0 Å². The molecule has 0 aromatic rings. The Kier molecular flexibility index (Phi) is 3.01. The van der Waals surface area contributed by atoms with Gasteiger partial charge in [-0.3, -0.25) is 9.59 Å². The molecule has 3 rings (SSSR count). The predicted molar refractivity (Wildman–Crippen MR) is 62.9 cm³/mol. The van der Waals surface area contributed by atoms with Gasteiger partial charge < -0.3 is 14.7 Å². The van der Waals surface area contributed by atoms with Crippen LogP contribution in [0.15, 0.2) is 0 Å². The summed E-state index contributed by atoms with van der Waals surface area (Å²) in [7, 11) is 0. The molecular weight excluding hydrogens is 234 g/mol. The van der Waals surface area contributed by atoms with E-state index in [2.05, 4.69) is 0 Å². The summed E-state index contributed by atoms with van der Waals surface area (Å²) in [6, 6.07) is 0. The maximum atomic E-state index is 12.4. The zero-order chi connectivity index (χ0) is 12.7. The number of carboxylic acid groups (broad SMARTS) is 1. The van der Waals surface area contributed by atoms with Gasteiger partial charge in [0.1, 0.15) is 0 Å². The van der Waals surface area contributed by atoms with Gasteiger partial charge in [-0.05, 0) is 32.1 Å². The first-order chi connectivity index (χ1) is 8.65. The van der Waals surface area contributed by atoms with Crippen LogP contribution in [0, 0.1) is 11.8 Å². The van der Waals surface area contributed by atoms with Crippen molar-refractivity contribution in [2.75, 3.05) is 13.1 Å². The topological polar surface area (TPSA) is 66.8 Å². The van der Waals surface area contributed by atoms with Crippen molar-refractivity contribution >= 4 is 11.9 Å². The van der Waals surface area contributed by atoms with Gasteiger partial charge in [-0.25, -0.2) is 0 Å². The summed E-state index contributed by atoms with van der Waals surface area (Å²) in [6.07, 6.45) is 4.55. The van der Waals surface area contributed by atoms with E-state index in [1.54, 1.807) is 0 Å². The third kappa shape index (κ3) is 2.00. The van der Waals surface area contributed by atoms with E-state index in [4.69, 9.17) is 9.84 Å². The van der Waals surface area contributed by atoms with Gasteiger partial charge in [0.2, 0.25) is 5.91 Å². The smallest absolute Gasteiger partial charge is 0.306 e. The Labute approximate surface area is 106 Å². The van der Waals surface area contributed by atoms with Crippen LogP contribution in [-0.2, 0) is 14.3 Å². The van der Waals surface area contributed by atoms with Crippen LogP contribution in [0.1, 0.15) is 32.1 Å². The van der Waals surface area contributed by atoms with Crippen LogP contribution in [0.2, 0.25) is 0 Å². The standard InChI is InChI=1S/C13H19NO4/c15-12(10-7-9-1-2-11(10)18-9)14-5-3-8(4-6-14)13(16)17/h8-11H,1-7H2,(H,16,17). The normalized spacial score (nSPS) is 36.0. The summed E-state index contributed by atoms with van der Waals surface area (Å²) < 4.78 is 5.71. The van der Waals surface area contributed by atoms with Gasteiger partial charge in [-0.1, -0.05) is 0 Å². The zero-order valence-electron chi connectivity index (χ0n) is 10.4. The molecule has 0 spiro atoms. The van der Waals surface area contributed by atoms with Crippen molar-refractivity contribution in [3.05, 3.63) is 0 Å². The lowest BCUT2D eigenvalue weighted by molar-refractivity contribution is -0.147. The van der Waals surface area contributed by atoms with E-state index in [1.165, 1.54) is 0 Å². The number of hydrogen-bond acceptors (Lipinski definition) is 3. The van der Waals surface area contributed by atoms with Crippen molar-refractivity contribution in [1.29, 1.82) is 0 Å². The number of hydrogen-bond donors (Lipinski definition) is 1. The summed E-state index contributed by atoms with van der Waals surface area (Å²) in [6.45, 7) is 1.17. The predicted octanol–water partition coefficient (Wildman–Crippen LogP) is 0.877. The van der Waals surface area contributed by atoms with Crippen molar-refractivity contribution < 1.29 is 19.4 Å². The first-order valence-electron chi connectivity index (χ1n) is 6.82. The molecule has 0 aromatic heterocycles. The van der Waals surface area contributed by atoms with Crippen molar-refractivity contribution in [1.82, 2.24) is 4.90 Å². The molecule has 0 aliphatic carbocycles. The number of carboxylic acids is 1. The summed E-state index contributed by atoms with van der Waals surface area (Å²) in [5.74, 6) is -0.785. The second kappa shape index (κ2) is 4.53. The van der Waals surface area contributed by atoms with Gasteiger partial charge in [0.25, 0.3) is 0 Å². The Morgan fingerprint density at radius 3 is 2.33 bits per heavy atom. The van der Waals surface area contributed by atoms with E-state index in [1.807, 2.05) is 4.90 Å². The highest BCUT2D eigenvalue weighted by Crippen LogP contribution is 2.40. The Balaban J connectivity index is 1.56. The molecule has 2 bridgehead atoms. The molecule has 3 fully saturated rings. The largest absolute Gasteiger partial charge is 0.481 e. The monoisotopic (exact) mass is 253 g/mol. The molecule has 5 heteroatoms. The number of fused-ring (bicyclic) bond motifs is 2. The van der Waals surface area contributed by atoms with E-state index >= 15 is 0 Å². The van der Waals surface area contributed by atoms with E-state index < -0.39 is 5.97 Å². The van der Waals surface area contributed by atoms with E-state index in [-0.39, 0.29) is 23.8 Å². The molecule has 0 radical (unpaired) electrons. The van der Waals surface area contributed by atoms with Crippen LogP contribution < -0.4 is 0 Å². The number of carbonyl (C=O) groups is 2. The molecule has 1 N–H and O–H groups in total. The van der Waals surface area contributed by atoms with E-state index in [0.29, 0.717) is 32.0 Å². The van der Waals surface area contributed by atoms with Gasteiger partial charge in [0, 0.05) is 13.1 Å². The molecule has 0 aromatic carbocycles. The Bertz CT molecular complexity index is 362. The average Bonchev–Trinajstić information content (AvgIpc) is 3.00. The molecule has 0 saturated carbocycles. The maximum Gasteiger partial charge on any atom is 0.306 e. The van der Waals surface area contributed by atoms with Crippen LogP contribution in [0.5, 0.6) is 0 Å². The molecule has 3 heterocycles. The summed E-state index contributed by atoms with van der Waals surface area (Å²) >= 11 is 0. The number of amides is 1. The van der Waals surface area contributed by atoms with Crippen molar-refractivity contribution in [2.45, 2.75) is 44.3 Å². The number of likely N-dealkylation sites (tertiary alicyclic amines) is 1. The third-order valence-corrected chi connectivity index (χ3v) is 4.58. The lowest BCUT2D eigenvalue weighted by Crippen LogP contribution is -2.45. The van der Waals surface area contributed by atoms with E-state index in [9.17, 15) is 9.59 Å². The summed E-state index contributed by atoms with van der Waals surface area (Å²) in [4.78, 5) is 25.1. The number of piperidine rings is 1. The fraction of sp³-hybridized carbons (Fsp3) is 0.846. The van der Waals surface area contributed by atoms with Gasteiger partial charge in [0.05, 0.1) is 24.0 Å². The Hall–Kier alpha value is -1.10. The van der Waals surface area contributed by atoms with Gasteiger partial charge in [0.15, 0.2) is 0 Å². The lowest BCUT2D eigenvalue weighted by atomic mass is 9.87. The molecule has 3 atom stereocenters. The van der Waals surface area contributed by atoms with Crippen LogP contribution in [0.25, 0.3) is 0 Å². The molecule has 5 nitrogen and oxygen atoms in total. The zero-order valence-corrected chi connectivity index (χ0v) is 10.4. The molecule has 3 aliphatic rings. The van der Waals surface area contributed by atoms with Crippen molar-refractivity contribution in [3.8, 4) is 0 Å². The third-order valence-electron chi connectivity index (χ3n) is 4.58. The van der Waals surface area contributed by atoms with Crippen LogP contribution in [0.4, 0.5) is 0 Å². The quantitative estimate of drug-likeness (QED) is 0.793. The minimum Gasteiger partial charge on any atom is -0.481 e. The first kappa shape index (κ1) is 12.0. The molecule has 18 heavy (non-hydrogen) atoms. The summed E-state index contributed by atoms with van der Waals surface area (Å²) in [5, 5.41) is 8.94. The Morgan fingerprint density at radius 2 is 1.83 bits per heavy atom. The fourth-order valence-corrected chi connectivity index (χ4v) is 3.48. The molecule has 100 valence electrons. The van der Waals surface area contributed by atoms with E-state index in [0.717, 1.165) is 19.3 Å². The SMILES string of the molecule is O=C(O)C1CCN(C(=O)C2CC3CCC2O3)CC1. The molecular formula is C13H19NO4. The highest BCUT2D eigenvalue weighted by Gasteiger charge is 2.46. The highest BCUT2D eigenvalue weighted by atomic mass is 16.5. The number of rotatable bonds is 2. The summed E-state index contributed by atoms with van der Waals surface area (Å²) in [5.41, 5.74) is 0. The molecule has 3 saturated heterocycles. The highest BCUT2D eigenvalue weighted by molar-refractivity contribution is 5.80. The number of ether oxygens (including phenoxy) is 1. The Morgan fingerprint density at radius 1 is 1.11 bits per heavy atom. The number of carbonyl (C=O) groups excluding carboxylic acids is 1. The van der Waals surface area contributed by atoms with Crippen LogP contribution in [0.3, 0.4) is 0 Å². The van der Waals surface area contributed by atoms with Crippen LogP contribution in [-0.4, -0.2) is 47.2 Å². The second-order valence-electron chi connectivity index (χ2n) is 5.65. The van der Waals surface area contributed by atoms with Crippen LogP contribution >= 0.6 is 0 Å². The van der Waals surface area contributed by atoms with Crippen molar-refractivity contribution in [2.24, 2.45) is 11.8 Å². The van der Waals surface area contributed by atoms with Gasteiger partial charge in [-0.2, -0.15) is 0 Å². The number of nitrogens with zero attached hydrogens (tertiary/aromatic N) is 1.